The Morgan fingerprint density at radius 2 is 1.94 bits per heavy atom. The Hall–Kier alpha value is -0.850. The summed E-state index contributed by atoms with van der Waals surface area (Å²) in [4.78, 5) is -0.751. The standard InChI is InChI=1S/C9H11FO4S.ClH/c1-6(2)14-7-3-4-9(8(10)5-7)15(11,12)13;/h3-6H,1-2H3,(H,11,12,13);1H. The van der Waals surface area contributed by atoms with Gasteiger partial charge >= 0.3 is 0 Å². The van der Waals surface area contributed by atoms with Crippen molar-refractivity contribution in [2.75, 3.05) is 0 Å². The third-order valence-corrected chi connectivity index (χ3v) is 2.44. The van der Waals surface area contributed by atoms with E-state index in [2.05, 4.69) is 0 Å². The summed E-state index contributed by atoms with van der Waals surface area (Å²) in [5.41, 5.74) is 0. The maximum absolute atomic E-state index is 13.2. The molecular weight excluding hydrogens is 259 g/mol. The molecule has 0 aromatic heterocycles. The number of hydrogen-bond acceptors (Lipinski definition) is 3. The Kier molecular flexibility index (Phi) is 5.18. The van der Waals surface area contributed by atoms with Crippen molar-refractivity contribution in [3.8, 4) is 5.75 Å². The van der Waals surface area contributed by atoms with E-state index in [1.54, 1.807) is 13.8 Å². The molecule has 0 atom stereocenters. The van der Waals surface area contributed by atoms with Crippen molar-refractivity contribution in [2.24, 2.45) is 0 Å². The lowest BCUT2D eigenvalue weighted by atomic mass is 10.3. The summed E-state index contributed by atoms with van der Waals surface area (Å²) in [5, 5.41) is 0. The van der Waals surface area contributed by atoms with Crippen LogP contribution in [0.25, 0.3) is 0 Å². The third-order valence-electron chi connectivity index (χ3n) is 1.55. The lowest BCUT2D eigenvalue weighted by molar-refractivity contribution is 0.241. The van der Waals surface area contributed by atoms with Crippen LogP contribution in [0, 0.1) is 5.82 Å². The Balaban J connectivity index is 0.00000225. The minimum absolute atomic E-state index is 0. The predicted octanol–water partition coefficient (Wildman–Crippen LogP) is 2.28. The predicted molar refractivity (Wildman–Crippen MR) is 59.2 cm³/mol. The Morgan fingerprint density at radius 3 is 2.31 bits per heavy atom. The fourth-order valence-corrected chi connectivity index (χ4v) is 1.58. The summed E-state index contributed by atoms with van der Waals surface area (Å²) in [7, 11) is -4.51. The number of benzene rings is 1. The SMILES string of the molecule is CC(C)Oc1ccc(S(=O)(=O)O)c(F)c1.Cl. The van der Waals surface area contributed by atoms with E-state index in [0.29, 0.717) is 0 Å². The maximum atomic E-state index is 13.2. The van der Waals surface area contributed by atoms with Gasteiger partial charge in [0.05, 0.1) is 6.10 Å². The van der Waals surface area contributed by atoms with Crippen LogP contribution in [0.4, 0.5) is 4.39 Å². The lowest BCUT2D eigenvalue weighted by Crippen LogP contribution is -2.07. The molecule has 0 amide bonds. The molecule has 1 aromatic rings. The summed E-state index contributed by atoms with van der Waals surface area (Å²) in [6.07, 6.45) is -0.138. The van der Waals surface area contributed by atoms with Gasteiger partial charge in [-0.15, -0.1) is 12.4 Å². The molecule has 4 nitrogen and oxygen atoms in total. The fourth-order valence-electron chi connectivity index (χ4n) is 1.04. The molecule has 0 aliphatic rings. The van der Waals surface area contributed by atoms with Gasteiger partial charge < -0.3 is 4.74 Å². The van der Waals surface area contributed by atoms with Gasteiger partial charge in [-0.25, -0.2) is 4.39 Å². The van der Waals surface area contributed by atoms with Crippen molar-refractivity contribution < 1.29 is 22.1 Å². The Labute approximate surface area is 99.6 Å². The number of ether oxygens (including phenoxy) is 1. The molecule has 0 bridgehead atoms. The molecule has 0 unspecified atom stereocenters. The van der Waals surface area contributed by atoms with E-state index in [4.69, 9.17) is 9.29 Å². The molecule has 16 heavy (non-hydrogen) atoms. The normalized spacial score (nSPS) is 11.1. The van der Waals surface area contributed by atoms with Crippen LogP contribution in [-0.4, -0.2) is 19.1 Å². The lowest BCUT2D eigenvalue weighted by Gasteiger charge is -2.10. The van der Waals surface area contributed by atoms with Crippen molar-refractivity contribution in [1.82, 2.24) is 0 Å². The molecule has 0 aliphatic heterocycles. The quantitative estimate of drug-likeness (QED) is 0.856. The highest BCUT2D eigenvalue weighted by atomic mass is 35.5. The minimum atomic E-state index is -4.51. The molecule has 1 N–H and O–H groups in total. The molecular formula is C9H12ClFO4S. The largest absolute Gasteiger partial charge is 0.491 e. The Morgan fingerprint density at radius 1 is 1.38 bits per heavy atom. The molecule has 0 saturated carbocycles. The molecule has 1 rings (SSSR count). The molecule has 0 saturated heterocycles. The van der Waals surface area contributed by atoms with E-state index >= 15 is 0 Å². The van der Waals surface area contributed by atoms with Crippen LogP contribution in [0.3, 0.4) is 0 Å². The highest BCUT2D eigenvalue weighted by Crippen LogP contribution is 2.20. The summed E-state index contributed by atoms with van der Waals surface area (Å²) >= 11 is 0. The first-order valence-corrected chi connectivity index (χ1v) is 5.68. The third kappa shape index (κ3) is 3.96. The second kappa shape index (κ2) is 5.47. The van der Waals surface area contributed by atoms with Crippen molar-refractivity contribution in [3.63, 3.8) is 0 Å². The van der Waals surface area contributed by atoms with Crippen LogP contribution in [0.1, 0.15) is 13.8 Å². The summed E-state index contributed by atoms with van der Waals surface area (Å²) < 4.78 is 48.3. The number of rotatable bonds is 3. The molecule has 1 aromatic carbocycles. The van der Waals surface area contributed by atoms with Crippen LogP contribution in [-0.2, 0) is 10.1 Å². The second-order valence-corrected chi connectivity index (χ2v) is 4.62. The van der Waals surface area contributed by atoms with Crippen molar-refractivity contribution in [3.05, 3.63) is 24.0 Å². The molecule has 0 radical (unpaired) electrons. The first-order chi connectivity index (χ1) is 6.80. The van der Waals surface area contributed by atoms with Crippen LogP contribution in [0.2, 0.25) is 0 Å². The summed E-state index contributed by atoms with van der Waals surface area (Å²) in [6, 6.07) is 3.16. The highest BCUT2D eigenvalue weighted by Gasteiger charge is 2.16. The molecule has 0 fully saturated rings. The zero-order valence-electron chi connectivity index (χ0n) is 8.68. The van der Waals surface area contributed by atoms with E-state index in [9.17, 15) is 12.8 Å². The van der Waals surface area contributed by atoms with Gasteiger partial charge in [0.2, 0.25) is 0 Å². The topological polar surface area (TPSA) is 63.6 Å². The Bertz CT molecular complexity index is 459. The smallest absolute Gasteiger partial charge is 0.297 e. The average Bonchev–Trinajstić information content (AvgIpc) is 1.99. The van der Waals surface area contributed by atoms with E-state index in [-0.39, 0.29) is 24.3 Å². The number of halogens is 2. The molecule has 7 heteroatoms. The van der Waals surface area contributed by atoms with Crippen molar-refractivity contribution >= 4 is 22.5 Å². The second-order valence-electron chi connectivity index (χ2n) is 3.23. The summed E-state index contributed by atoms with van der Waals surface area (Å²) in [5.74, 6) is -0.814. The van der Waals surface area contributed by atoms with Crippen molar-refractivity contribution in [2.45, 2.75) is 24.8 Å². The first kappa shape index (κ1) is 15.2. The van der Waals surface area contributed by atoms with Gasteiger partial charge in [-0.2, -0.15) is 8.42 Å². The van der Waals surface area contributed by atoms with E-state index in [0.717, 1.165) is 12.1 Å². The van der Waals surface area contributed by atoms with Crippen molar-refractivity contribution in [1.29, 1.82) is 0 Å². The monoisotopic (exact) mass is 270 g/mol. The maximum Gasteiger partial charge on any atom is 0.297 e. The van der Waals surface area contributed by atoms with E-state index in [1.807, 2.05) is 0 Å². The molecule has 0 spiro atoms. The van der Waals surface area contributed by atoms with Crippen LogP contribution in [0.5, 0.6) is 5.75 Å². The van der Waals surface area contributed by atoms with Crippen LogP contribution in [0.15, 0.2) is 23.1 Å². The fraction of sp³-hybridized carbons (Fsp3) is 0.333. The van der Waals surface area contributed by atoms with Gasteiger partial charge in [-0.1, -0.05) is 0 Å². The van der Waals surface area contributed by atoms with Gasteiger partial charge in [0.1, 0.15) is 16.5 Å². The van der Waals surface area contributed by atoms with Gasteiger partial charge in [0, 0.05) is 6.07 Å². The van der Waals surface area contributed by atoms with Gasteiger partial charge in [-0.05, 0) is 26.0 Å². The van der Waals surface area contributed by atoms with Gasteiger partial charge in [0.15, 0.2) is 0 Å². The minimum Gasteiger partial charge on any atom is -0.491 e. The van der Waals surface area contributed by atoms with Crippen LogP contribution >= 0.6 is 12.4 Å². The van der Waals surface area contributed by atoms with Gasteiger partial charge in [0.25, 0.3) is 10.1 Å². The summed E-state index contributed by atoms with van der Waals surface area (Å²) in [6.45, 7) is 3.52. The molecule has 0 heterocycles. The zero-order valence-corrected chi connectivity index (χ0v) is 10.3. The number of hydrogen-bond donors (Lipinski definition) is 1. The molecule has 92 valence electrons. The van der Waals surface area contributed by atoms with Crippen LogP contribution < -0.4 is 4.74 Å². The highest BCUT2D eigenvalue weighted by molar-refractivity contribution is 7.85. The average molecular weight is 271 g/mol. The van der Waals surface area contributed by atoms with E-state index in [1.165, 1.54) is 6.07 Å². The molecule has 0 aliphatic carbocycles. The first-order valence-electron chi connectivity index (χ1n) is 4.24. The van der Waals surface area contributed by atoms with Gasteiger partial charge in [-0.3, -0.25) is 4.55 Å². The van der Waals surface area contributed by atoms with E-state index < -0.39 is 20.8 Å². The zero-order chi connectivity index (χ0) is 11.6.